The van der Waals surface area contributed by atoms with Crippen LogP contribution in [0.3, 0.4) is 0 Å². The van der Waals surface area contributed by atoms with E-state index in [1.165, 1.54) is 5.56 Å². The Labute approximate surface area is 177 Å². The normalized spacial score (nSPS) is 18.5. The van der Waals surface area contributed by atoms with Crippen molar-refractivity contribution in [1.82, 2.24) is 10.2 Å². The smallest absolute Gasteiger partial charge is 0.349 e. The highest BCUT2D eigenvalue weighted by atomic mass is 16.5. The number of morpholine rings is 1. The van der Waals surface area contributed by atoms with Crippen molar-refractivity contribution in [2.75, 3.05) is 32.8 Å². The van der Waals surface area contributed by atoms with Crippen molar-refractivity contribution in [2.45, 2.75) is 44.6 Å². The molecule has 2 aliphatic rings. The Morgan fingerprint density at radius 1 is 1.17 bits per heavy atom. The van der Waals surface area contributed by atoms with Gasteiger partial charge in [-0.25, -0.2) is 4.79 Å². The van der Waals surface area contributed by atoms with Crippen LogP contribution in [0.25, 0.3) is 0 Å². The van der Waals surface area contributed by atoms with Crippen LogP contribution in [0.4, 0.5) is 0 Å². The highest BCUT2D eigenvalue weighted by Crippen LogP contribution is 2.28. The third kappa shape index (κ3) is 4.65. The van der Waals surface area contributed by atoms with E-state index in [-0.39, 0.29) is 17.1 Å². The molecule has 0 aliphatic carbocycles. The number of hydrogen-bond acceptors (Lipinski definition) is 5. The van der Waals surface area contributed by atoms with Gasteiger partial charge in [-0.1, -0.05) is 30.3 Å². The maximum absolute atomic E-state index is 13.0. The minimum absolute atomic E-state index is 0.167. The Balaban J connectivity index is 1.38. The van der Waals surface area contributed by atoms with Gasteiger partial charge in [0.15, 0.2) is 0 Å². The average molecular weight is 411 g/mol. The van der Waals surface area contributed by atoms with E-state index in [0.29, 0.717) is 37.4 Å². The number of likely N-dealkylation sites (tertiary alicyclic amines) is 1. The van der Waals surface area contributed by atoms with Gasteiger partial charge in [0.05, 0.1) is 12.2 Å². The van der Waals surface area contributed by atoms with Crippen molar-refractivity contribution in [3.63, 3.8) is 0 Å². The molecule has 1 spiro atoms. The lowest BCUT2D eigenvalue weighted by atomic mass is 9.89. The zero-order valence-corrected chi connectivity index (χ0v) is 17.6. The molecule has 0 radical (unpaired) electrons. The summed E-state index contributed by atoms with van der Waals surface area (Å²) in [5.74, 6) is 0.417. The van der Waals surface area contributed by atoms with Gasteiger partial charge < -0.3 is 19.4 Å². The van der Waals surface area contributed by atoms with Gasteiger partial charge in [-0.15, -0.1) is 0 Å². The molecule has 1 aromatic carbocycles. The Bertz CT molecular complexity index is 922. The van der Waals surface area contributed by atoms with Crippen LogP contribution in [-0.4, -0.2) is 49.2 Å². The number of hydrogen-bond donors (Lipinski definition) is 1. The third-order valence-corrected chi connectivity index (χ3v) is 6.24. The second-order valence-electron chi connectivity index (χ2n) is 8.40. The summed E-state index contributed by atoms with van der Waals surface area (Å²) in [6.45, 7) is 5.43. The largest absolute Gasteiger partial charge is 0.427 e. The molecule has 1 amide bonds. The second kappa shape index (κ2) is 9.14. The van der Waals surface area contributed by atoms with Crippen LogP contribution in [0.5, 0.6) is 0 Å². The van der Waals surface area contributed by atoms with Gasteiger partial charge in [-0.3, -0.25) is 4.79 Å². The van der Waals surface area contributed by atoms with Crippen LogP contribution in [0.2, 0.25) is 0 Å². The van der Waals surface area contributed by atoms with Crippen molar-refractivity contribution in [2.24, 2.45) is 0 Å². The van der Waals surface area contributed by atoms with Gasteiger partial charge in [0.25, 0.3) is 5.91 Å². The van der Waals surface area contributed by atoms with Crippen LogP contribution in [0.1, 0.15) is 46.5 Å². The fourth-order valence-electron chi connectivity index (χ4n) is 4.47. The summed E-state index contributed by atoms with van der Waals surface area (Å²) in [5, 5.41) is 3.38. The Kier molecular flexibility index (Phi) is 6.35. The van der Waals surface area contributed by atoms with Crippen molar-refractivity contribution in [1.29, 1.82) is 0 Å². The lowest BCUT2D eigenvalue weighted by Crippen LogP contribution is -2.56. The number of nitrogens with zero attached hydrogens (tertiary/aromatic N) is 1. The summed E-state index contributed by atoms with van der Waals surface area (Å²) in [6.07, 6.45) is 4.07. The standard InChI is InChI=1S/C24H30N2O4/c1-18-16-20(9-5-8-19-6-3-2-4-7-19)30-23(28)21(18)22(27)26-13-10-24(11-14-26)17-25-12-15-29-24/h2-4,6-7,16,25H,5,8-15,17H2,1H3. The molecule has 2 fully saturated rings. The summed E-state index contributed by atoms with van der Waals surface area (Å²) in [7, 11) is 0. The molecule has 160 valence electrons. The van der Waals surface area contributed by atoms with Crippen LogP contribution in [0, 0.1) is 6.92 Å². The van der Waals surface area contributed by atoms with Crippen molar-refractivity contribution in [3.8, 4) is 0 Å². The van der Waals surface area contributed by atoms with Crippen LogP contribution in [-0.2, 0) is 17.6 Å². The number of piperidine rings is 1. The number of nitrogens with one attached hydrogen (secondary N) is 1. The zero-order valence-electron chi connectivity index (χ0n) is 17.6. The Hall–Kier alpha value is -2.44. The monoisotopic (exact) mass is 410 g/mol. The maximum atomic E-state index is 13.0. The molecule has 1 N–H and O–H groups in total. The molecule has 30 heavy (non-hydrogen) atoms. The minimum atomic E-state index is -0.523. The average Bonchev–Trinajstić information content (AvgIpc) is 2.75. The first kappa shape index (κ1) is 20.8. The molecule has 2 saturated heterocycles. The van der Waals surface area contributed by atoms with Crippen LogP contribution in [0.15, 0.2) is 45.6 Å². The first-order valence-electron chi connectivity index (χ1n) is 10.9. The van der Waals surface area contributed by atoms with Crippen molar-refractivity contribution >= 4 is 5.91 Å². The molecule has 0 atom stereocenters. The lowest BCUT2D eigenvalue weighted by Gasteiger charge is -2.44. The molecule has 3 heterocycles. The van der Waals surface area contributed by atoms with Gasteiger partial charge in [-0.05, 0) is 49.8 Å². The van der Waals surface area contributed by atoms with Crippen molar-refractivity contribution < 1.29 is 13.9 Å². The van der Waals surface area contributed by atoms with Crippen LogP contribution < -0.4 is 10.9 Å². The van der Waals surface area contributed by atoms with Gasteiger partial charge in [0, 0.05) is 32.6 Å². The van der Waals surface area contributed by atoms with Gasteiger partial charge >= 0.3 is 5.63 Å². The van der Waals surface area contributed by atoms with E-state index >= 15 is 0 Å². The first-order valence-corrected chi connectivity index (χ1v) is 10.9. The number of rotatable bonds is 5. The number of amides is 1. The van der Waals surface area contributed by atoms with Crippen LogP contribution >= 0.6 is 0 Å². The summed E-state index contributed by atoms with van der Waals surface area (Å²) in [6, 6.07) is 12.1. The maximum Gasteiger partial charge on any atom is 0.349 e. The highest BCUT2D eigenvalue weighted by Gasteiger charge is 2.38. The fourth-order valence-corrected chi connectivity index (χ4v) is 4.47. The van der Waals surface area contributed by atoms with E-state index in [0.717, 1.165) is 38.8 Å². The first-order chi connectivity index (χ1) is 14.6. The summed E-state index contributed by atoms with van der Waals surface area (Å²) in [4.78, 5) is 27.4. The topological polar surface area (TPSA) is 71.8 Å². The van der Waals surface area contributed by atoms with E-state index in [1.807, 2.05) is 31.2 Å². The van der Waals surface area contributed by atoms with E-state index in [9.17, 15) is 9.59 Å². The van der Waals surface area contributed by atoms with Gasteiger partial charge in [-0.2, -0.15) is 0 Å². The van der Waals surface area contributed by atoms with Crippen molar-refractivity contribution in [3.05, 3.63) is 69.3 Å². The zero-order chi connectivity index (χ0) is 21.0. The molecular weight excluding hydrogens is 380 g/mol. The third-order valence-electron chi connectivity index (χ3n) is 6.24. The minimum Gasteiger partial charge on any atom is -0.427 e. The SMILES string of the molecule is Cc1cc(CCCc2ccccc2)oc(=O)c1C(=O)N1CCC2(CC1)CNCCO2. The molecule has 0 bridgehead atoms. The molecule has 6 nitrogen and oxygen atoms in total. The van der Waals surface area contributed by atoms with E-state index in [1.54, 1.807) is 4.90 Å². The molecule has 2 aromatic rings. The van der Waals surface area contributed by atoms with E-state index in [2.05, 4.69) is 17.4 Å². The molecule has 2 aliphatic heterocycles. The Morgan fingerprint density at radius 2 is 1.93 bits per heavy atom. The Morgan fingerprint density at radius 3 is 2.60 bits per heavy atom. The quantitative estimate of drug-likeness (QED) is 0.821. The number of carbonyl (C=O) groups is 1. The van der Waals surface area contributed by atoms with E-state index in [4.69, 9.17) is 9.15 Å². The van der Waals surface area contributed by atoms with Gasteiger partial charge in [0.2, 0.25) is 0 Å². The fraction of sp³-hybridized carbons (Fsp3) is 0.500. The highest BCUT2D eigenvalue weighted by molar-refractivity contribution is 5.95. The van der Waals surface area contributed by atoms with Gasteiger partial charge in [0.1, 0.15) is 11.3 Å². The molecular formula is C24H30N2O4. The molecule has 6 heteroatoms. The van der Waals surface area contributed by atoms with E-state index < -0.39 is 5.63 Å². The summed E-state index contributed by atoms with van der Waals surface area (Å²) < 4.78 is 11.5. The number of ether oxygens (including phenoxy) is 1. The summed E-state index contributed by atoms with van der Waals surface area (Å²) >= 11 is 0. The summed E-state index contributed by atoms with van der Waals surface area (Å²) in [5.41, 5.74) is 1.44. The number of carbonyl (C=O) groups excluding carboxylic acids is 1. The molecule has 0 saturated carbocycles. The molecule has 0 unspecified atom stereocenters. The second-order valence-corrected chi connectivity index (χ2v) is 8.40. The number of benzene rings is 1. The predicted molar refractivity (Wildman–Crippen MR) is 115 cm³/mol. The molecule has 1 aromatic heterocycles. The predicted octanol–water partition coefficient (Wildman–Crippen LogP) is 2.72. The molecule has 4 rings (SSSR count). The lowest BCUT2D eigenvalue weighted by molar-refractivity contribution is -0.0954. The number of aryl methyl sites for hydroxylation is 3.